The Morgan fingerprint density at radius 3 is 2.33 bits per heavy atom. The van der Waals surface area contributed by atoms with Crippen molar-refractivity contribution >= 4 is 28.0 Å². The van der Waals surface area contributed by atoms with E-state index in [0.717, 1.165) is 13.0 Å². The van der Waals surface area contributed by atoms with Crippen LogP contribution in [0.1, 0.15) is 22.8 Å². The predicted molar refractivity (Wildman–Crippen MR) is 66.5 cm³/mol. The van der Waals surface area contributed by atoms with Crippen molar-refractivity contribution in [2.45, 2.75) is 19.4 Å². The number of carbonyl (C=O) groups excluding carboxylic acids is 2. The number of nitrogens with one attached hydrogen (secondary N) is 1. The molecular formula is C11H10F3NO5S. The molecule has 0 aromatic heterocycles. The average molecular weight is 325 g/mol. The Kier molecular flexibility index (Phi) is 4.62. The Morgan fingerprint density at radius 2 is 1.90 bits per heavy atom. The molecule has 0 spiro atoms. The van der Waals surface area contributed by atoms with E-state index in [0.29, 0.717) is 5.56 Å². The largest absolute Gasteiger partial charge is 0.534 e. The van der Waals surface area contributed by atoms with Crippen LogP contribution < -0.4 is 9.50 Å². The van der Waals surface area contributed by atoms with E-state index < -0.39 is 32.8 Å². The van der Waals surface area contributed by atoms with E-state index in [9.17, 15) is 31.2 Å². The molecule has 0 aliphatic heterocycles. The molecule has 1 N–H and O–H groups in total. The van der Waals surface area contributed by atoms with Gasteiger partial charge in [-0.1, -0.05) is 0 Å². The molecule has 0 unspecified atom stereocenters. The standard InChI is InChI=1S/C11H10F3NO5S/c1-6-3-8(5-16)10(9(4-6)15-7(2)17)20-21(18,19)11(12,13)14/h3-5H,1-2H3,(H,15,17). The molecule has 0 saturated carbocycles. The molecule has 0 aliphatic carbocycles. The van der Waals surface area contributed by atoms with E-state index in [1.165, 1.54) is 13.0 Å². The summed E-state index contributed by atoms with van der Waals surface area (Å²) in [4.78, 5) is 21.9. The van der Waals surface area contributed by atoms with E-state index in [1.807, 2.05) is 0 Å². The summed E-state index contributed by atoms with van der Waals surface area (Å²) in [7, 11) is -5.96. The van der Waals surface area contributed by atoms with Gasteiger partial charge in [0, 0.05) is 6.92 Å². The van der Waals surface area contributed by atoms with Crippen LogP contribution in [0.2, 0.25) is 0 Å². The molecule has 1 aromatic rings. The number of rotatable bonds is 4. The summed E-state index contributed by atoms with van der Waals surface area (Å²) >= 11 is 0. The molecule has 0 bridgehead atoms. The number of hydrogen-bond donors (Lipinski definition) is 1. The Labute approximate surface area is 118 Å². The van der Waals surface area contributed by atoms with Crippen molar-refractivity contribution in [1.29, 1.82) is 0 Å². The molecule has 10 heteroatoms. The molecule has 0 fully saturated rings. The van der Waals surface area contributed by atoms with E-state index in [2.05, 4.69) is 9.50 Å². The van der Waals surface area contributed by atoms with Gasteiger partial charge in [-0.05, 0) is 24.6 Å². The number of alkyl halides is 3. The topological polar surface area (TPSA) is 89.5 Å². The van der Waals surface area contributed by atoms with Crippen molar-refractivity contribution in [2.75, 3.05) is 5.32 Å². The van der Waals surface area contributed by atoms with Crippen molar-refractivity contribution in [3.63, 3.8) is 0 Å². The minimum Gasteiger partial charge on any atom is -0.373 e. The highest BCUT2D eigenvalue weighted by Crippen LogP contribution is 2.34. The van der Waals surface area contributed by atoms with Crippen LogP contribution in [-0.4, -0.2) is 26.1 Å². The van der Waals surface area contributed by atoms with E-state index in [4.69, 9.17) is 0 Å². The van der Waals surface area contributed by atoms with E-state index in [-0.39, 0.29) is 12.0 Å². The minimum atomic E-state index is -5.96. The minimum absolute atomic E-state index is 0.125. The van der Waals surface area contributed by atoms with Crippen LogP contribution in [0.5, 0.6) is 5.75 Å². The Balaban J connectivity index is 3.46. The average Bonchev–Trinajstić information content (AvgIpc) is 2.29. The molecule has 0 saturated heterocycles. The summed E-state index contributed by atoms with van der Waals surface area (Å²) in [5, 5.41) is 2.11. The number of halogens is 3. The molecule has 6 nitrogen and oxygen atoms in total. The van der Waals surface area contributed by atoms with Crippen LogP contribution >= 0.6 is 0 Å². The number of benzene rings is 1. The first-order valence-corrected chi connectivity index (χ1v) is 6.77. The lowest BCUT2D eigenvalue weighted by Crippen LogP contribution is -2.29. The lowest BCUT2D eigenvalue weighted by Gasteiger charge is -2.15. The molecule has 1 amide bonds. The molecule has 0 aliphatic rings. The van der Waals surface area contributed by atoms with Gasteiger partial charge < -0.3 is 9.50 Å². The number of anilines is 1. The van der Waals surface area contributed by atoms with E-state index >= 15 is 0 Å². The zero-order chi connectivity index (χ0) is 16.4. The molecule has 1 rings (SSSR count). The maximum absolute atomic E-state index is 12.3. The fourth-order valence-corrected chi connectivity index (χ4v) is 1.92. The smallest absolute Gasteiger partial charge is 0.373 e. The fraction of sp³-hybridized carbons (Fsp3) is 0.273. The van der Waals surface area contributed by atoms with Gasteiger partial charge in [0.05, 0.1) is 11.3 Å². The Hall–Kier alpha value is -2.10. The zero-order valence-electron chi connectivity index (χ0n) is 10.8. The molecule has 0 radical (unpaired) electrons. The number of amides is 1. The first-order valence-electron chi connectivity index (χ1n) is 5.36. The molecule has 0 atom stereocenters. The third-order valence-corrected chi connectivity index (χ3v) is 3.13. The maximum Gasteiger partial charge on any atom is 0.534 e. The van der Waals surface area contributed by atoms with Crippen LogP contribution in [0.25, 0.3) is 0 Å². The lowest BCUT2D eigenvalue weighted by molar-refractivity contribution is -0.114. The number of aryl methyl sites for hydroxylation is 1. The fourth-order valence-electron chi connectivity index (χ4n) is 1.42. The highest BCUT2D eigenvalue weighted by atomic mass is 32.2. The molecular weight excluding hydrogens is 315 g/mol. The quantitative estimate of drug-likeness (QED) is 0.519. The maximum atomic E-state index is 12.3. The van der Waals surface area contributed by atoms with Gasteiger partial charge in [-0.25, -0.2) is 0 Å². The highest BCUT2D eigenvalue weighted by molar-refractivity contribution is 7.88. The summed E-state index contributed by atoms with van der Waals surface area (Å²) in [5.41, 5.74) is -6.03. The van der Waals surface area contributed by atoms with Crippen LogP contribution in [-0.2, 0) is 14.9 Å². The SMILES string of the molecule is CC(=O)Nc1cc(C)cc(C=O)c1OS(=O)(=O)C(F)(F)F. The second-order valence-corrected chi connectivity index (χ2v) is 5.55. The predicted octanol–water partition coefficient (Wildman–Crippen LogP) is 1.99. The number of hydrogen-bond acceptors (Lipinski definition) is 5. The second kappa shape index (κ2) is 5.72. The van der Waals surface area contributed by atoms with Crippen molar-refractivity contribution in [2.24, 2.45) is 0 Å². The molecule has 116 valence electrons. The van der Waals surface area contributed by atoms with Gasteiger partial charge in [0.1, 0.15) is 0 Å². The first kappa shape index (κ1) is 17.0. The highest BCUT2D eigenvalue weighted by Gasteiger charge is 2.49. The Morgan fingerprint density at radius 1 is 1.33 bits per heavy atom. The monoisotopic (exact) mass is 325 g/mol. The summed E-state index contributed by atoms with van der Waals surface area (Å²) < 4.78 is 63.1. The summed E-state index contributed by atoms with van der Waals surface area (Å²) in [5.74, 6) is -1.56. The first-order chi connectivity index (χ1) is 9.48. The summed E-state index contributed by atoms with van der Waals surface area (Å²) in [6.45, 7) is 2.56. The molecule has 21 heavy (non-hydrogen) atoms. The molecule has 0 heterocycles. The van der Waals surface area contributed by atoms with Gasteiger partial charge in [0.15, 0.2) is 12.0 Å². The number of aldehydes is 1. The van der Waals surface area contributed by atoms with Crippen LogP contribution in [0.15, 0.2) is 12.1 Å². The van der Waals surface area contributed by atoms with Gasteiger partial charge in [0.2, 0.25) is 5.91 Å². The van der Waals surface area contributed by atoms with E-state index in [1.54, 1.807) is 0 Å². The molecule has 1 aromatic carbocycles. The van der Waals surface area contributed by atoms with Crippen molar-refractivity contribution in [1.82, 2.24) is 0 Å². The second-order valence-electron chi connectivity index (χ2n) is 4.01. The van der Waals surface area contributed by atoms with Gasteiger partial charge in [-0.3, -0.25) is 9.59 Å². The Bertz CT molecular complexity index is 682. The zero-order valence-corrected chi connectivity index (χ0v) is 11.6. The van der Waals surface area contributed by atoms with Gasteiger partial charge >= 0.3 is 15.6 Å². The third-order valence-electron chi connectivity index (χ3n) is 2.18. The van der Waals surface area contributed by atoms with Crippen molar-refractivity contribution in [3.8, 4) is 5.75 Å². The third kappa shape index (κ3) is 3.94. The number of carbonyl (C=O) groups is 2. The van der Waals surface area contributed by atoms with Crippen LogP contribution in [0.3, 0.4) is 0 Å². The van der Waals surface area contributed by atoms with Crippen LogP contribution in [0.4, 0.5) is 18.9 Å². The lowest BCUT2D eigenvalue weighted by atomic mass is 10.1. The van der Waals surface area contributed by atoms with Gasteiger partial charge in [-0.15, -0.1) is 0 Å². The van der Waals surface area contributed by atoms with Gasteiger partial charge in [0.25, 0.3) is 0 Å². The summed E-state index contributed by atoms with van der Waals surface area (Å²) in [6.07, 6.45) is 0.125. The van der Waals surface area contributed by atoms with Gasteiger partial charge in [-0.2, -0.15) is 21.6 Å². The normalized spacial score (nSPS) is 11.9. The van der Waals surface area contributed by atoms with Crippen molar-refractivity contribution < 1.29 is 35.4 Å². The van der Waals surface area contributed by atoms with Crippen molar-refractivity contribution in [3.05, 3.63) is 23.3 Å². The van der Waals surface area contributed by atoms with Crippen LogP contribution in [0, 0.1) is 6.92 Å². The summed E-state index contributed by atoms with van der Waals surface area (Å²) in [6, 6.07) is 2.30.